The molecule has 0 radical (unpaired) electrons. The van der Waals surface area contributed by atoms with E-state index < -0.39 is 0 Å². The van der Waals surface area contributed by atoms with Gasteiger partial charge in [-0.05, 0) is 44.5 Å². The van der Waals surface area contributed by atoms with Gasteiger partial charge < -0.3 is 11.1 Å². The summed E-state index contributed by atoms with van der Waals surface area (Å²) in [5.41, 5.74) is 10.5. The zero-order valence-corrected chi connectivity index (χ0v) is 13.7. The van der Waals surface area contributed by atoms with Gasteiger partial charge in [0.15, 0.2) is 0 Å². The first-order valence-electron chi connectivity index (χ1n) is 7.52. The Kier molecular flexibility index (Phi) is 5.69. The van der Waals surface area contributed by atoms with E-state index in [9.17, 15) is 0 Å². The number of nitrogen functional groups attached to an aromatic ring is 1. The van der Waals surface area contributed by atoms with E-state index in [0.717, 1.165) is 28.3 Å². The predicted molar refractivity (Wildman–Crippen MR) is 101 cm³/mol. The number of rotatable bonds is 4. The molecule has 0 aromatic heterocycles. The Morgan fingerprint density at radius 1 is 1.09 bits per heavy atom. The number of nitrogens with one attached hydrogen (secondary N) is 1. The van der Waals surface area contributed by atoms with Crippen LogP contribution < -0.4 is 11.1 Å². The maximum atomic E-state index is 6.03. The van der Waals surface area contributed by atoms with Crippen molar-refractivity contribution in [2.24, 2.45) is 9.98 Å². The van der Waals surface area contributed by atoms with E-state index in [1.165, 1.54) is 0 Å². The molecule has 0 aliphatic carbocycles. The number of nitrogens with two attached hydrogens (primary N) is 1. The molecule has 0 fully saturated rings. The van der Waals surface area contributed by atoms with Gasteiger partial charge in [-0.25, -0.2) is 4.99 Å². The molecule has 0 saturated carbocycles. The number of anilines is 2. The standard InChI is InChI=1S/C19H22N4/c1-4-21-13-15(3)19(22-17-11-7-5-9-14(17)2)23-18-12-8-6-10-16(18)20/h4-13H,20H2,1-3H3,(H,22,23)/b15-13+,21-4?. The molecule has 118 valence electrons. The van der Waals surface area contributed by atoms with E-state index in [1.54, 1.807) is 12.4 Å². The molecule has 3 N–H and O–H groups in total. The normalized spacial score (nSPS) is 12.7. The van der Waals surface area contributed by atoms with Gasteiger partial charge in [0.05, 0.1) is 17.1 Å². The number of para-hydroxylation sites is 3. The van der Waals surface area contributed by atoms with Gasteiger partial charge in [0.2, 0.25) is 0 Å². The van der Waals surface area contributed by atoms with Crippen LogP contribution in [-0.2, 0) is 0 Å². The molecule has 2 aromatic carbocycles. The molecule has 4 heteroatoms. The van der Waals surface area contributed by atoms with E-state index >= 15 is 0 Å². The lowest BCUT2D eigenvalue weighted by molar-refractivity contribution is 1.36. The van der Waals surface area contributed by atoms with Crippen LogP contribution in [-0.4, -0.2) is 12.1 Å². The Morgan fingerprint density at radius 2 is 1.78 bits per heavy atom. The number of aliphatic imine (C=N–C) groups is 2. The van der Waals surface area contributed by atoms with Gasteiger partial charge in [-0.3, -0.25) is 4.99 Å². The predicted octanol–water partition coefficient (Wildman–Crippen LogP) is 4.71. The van der Waals surface area contributed by atoms with Crippen molar-refractivity contribution in [1.29, 1.82) is 0 Å². The SMILES string of the molecule is CC=N/C=C(\C)C(=Nc1ccccc1C)Nc1ccccc1N. The third-order valence-electron chi connectivity index (χ3n) is 3.35. The molecule has 0 heterocycles. The van der Waals surface area contributed by atoms with Crippen LogP contribution in [0.1, 0.15) is 19.4 Å². The van der Waals surface area contributed by atoms with Crippen LogP contribution in [0.3, 0.4) is 0 Å². The molecule has 0 spiro atoms. The van der Waals surface area contributed by atoms with E-state index in [2.05, 4.69) is 10.3 Å². The Bertz CT molecular complexity index is 757. The second kappa shape index (κ2) is 7.94. The molecular weight excluding hydrogens is 284 g/mol. The first-order chi connectivity index (χ1) is 11.1. The maximum absolute atomic E-state index is 6.03. The molecule has 0 bridgehead atoms. The van der Waals surface area contributed by atoms with Crippen molar-refractivity contribution in [2.45, 2.75) is 20.8 Å². The number of benzene rings is 2. The quantitative estimate of drug-likeness (QED) is 0.488. The van der Waals surface area contributed by atoms with E-state index in [4.69, 9.17) is 10.7 Å². The minimum absolute atomic E-state index is 0.678. The van der Waals surface area contributed by atoms with Crippen molar-refractivity contribution in [3.8, 4) is 0 Å². The van der Waals surface area contributed by atoms with Crippen molar-refractivity contribution < 1.29 is 0 Å². The van der Waals surface area contributed by atoms with E-state index in [0.29, 0.717) is 5.69 Å². The fourth-order valence-electron chi connectivity index (χ4n) is 2.01. The van der Waals surface area contributed by atoms with Crippen LogP contribution in [0.2, 0.25) is 0 Å². The van der Waals surface area contributed by atoms with Gasteiger partial charge in [0, 0.05) is 18.0 Å². The summed E-state index contributed by atoms with van der Waals surface area (Å²) in [5, 5.41) is 3.31. The highest BCUT2D eigenvalue weighted by Gasteiger charge is 2.07. The Balaban J connectivity index is 2.44. The zero-order valence-electron chi connectivity index (χ0n) is 13.7. The van der Waals surface area contributed by atoms with Gasteiger partial charge in [-0.15, -0.1) is 0 Å². The summed E-state index contributed by atoms with van der Waals surface area (Å²) in [6, 6.07) is 15.6. The minimum atomic E-state index is 0.678. The molecule has 0 aliphatic rings. The number of nitrogens with zero attached hydrogens (tertiary/aromatic N) is 2. The Labute approximate surface area is 137 Å². The van der Waals surface area contributed by atoms with Crippen LogP contribution in [0.5, 0.6) is 0 Å². The second-order valence-corrected chi connectivity index (χ2v) is 5.18. The molecule has 0 saturated heterocycles. The zero-order chi connectivity index (χ0) is 16.7. The lowest BCUT2D eigenvalue weighted by Crippen LogP contribution is -2.14. The first kappa shape index (κ1) is 16.5. The molecule has 2 aromatic rings. The average Bonchev–Trinajstić information content (AvgIpc) is 2.55. The third-order valence-corrected chi connectivity index (χ3v) is 3.35. The van der Waals surface area contributed by atoms with E-state index in [1.807, 2.05) is 69.3 Å². The van der Waals surface area contributed by atoms with Crippen LogP contribution in [0.15, 0.2) is 70.3 Å². The topological polar surface area (TPSA) is 62.8 Å². The van der Waals surface area contributed by atoms with Gasteiger partial charge in [-0.1, -0.05) is 30.3 Å². The molecule has 4 nitrogen and oxygen atoms in total. The maximum Gasteiger partial charge on any atom is 0.135 e. The monoisotopic (exact) mass is 306 g/mol. The number of aryl methyl sites for hydroxylation is 1. The minimum Gasteiger partial charge on any atom is -0.397 e. The average molecular weight is 306 g/mol. The highest BCUT2D eigenvalue weighted by molar-refractivity contribution is 6.10. The number of amidine groups is 1. The summed E-state index contributed by atoms with van der Waals surface area (Å²) in [5.74, 6) is 0.725. The lowest BCUT2D eigenvalue weighted by atomic mass is 10.2. The van der Waals surface area contributed by atoms with Crippen LogP contribution in [0.25, 0.3) is 0 Å². The van der Waals surface area contributed by atoms with Crippen molar-refractivity contribution in [2.75, 3.05) is 11.1 Å². The Hall–Kier alpha value is -2.88. The largest absolute Gasteiger partial charge is 0.397 e. The number of hydrogen-bond donors (Lipinski definition) is 2. The smallest absolute Gasteiger partial charge is 0.135 e. The number of hydrogen-bond acceptors (Lipinski definition) is 3. The molecule has 23 heavy (non-hydrogen) atoms. The second-order valence-electron chi connectivity index (χ2n) is 5.18. The Morgan fingerprint density at radius 3 is 2.48 bits per heavy atom. The van der Waals surface area contributed by atoms with Gasteiger partial charge >= 0.3 is 0 Å². The van der Waals surface area contributed by atoms with Gasteiger partial charge in [0.25, 0.3) is 0 Å². The molecule has 0 aliphatic heterocycles. The first-order valence-corrected chi connectivity index (χ1v) is 7.52. The van der Waals surface area contributed by atoms with Gasteiger partial charge in [0.1, 0.15) is 5.84 Å². The summed E-state index contributed by atoms with van der Waals surface area (Å²) in [6.45, 7) is 5.89. The van der Waals surface area contributed by atoms with Crippen molar-refractivity contribution in [3.05, 3.63) is 65.9 Å². The summed E-state index contributed by atoms with van der Waals surface area (Å²) in [6.07, 6.45) is 3.52. The fourth-order valence-corrected chi connectivity index (χ4v) is 2.01. The van der Waals surface area contributed by atoms with Crippen molar-refractivity contribution >= 4 is 29.1 Å². The van der Waals surface area contributed by atoms with Gasteiger partial charge in [-0.2, -0.15) is 0 Å². The van der Waals surface area contributed by atoms with Crippen LogP contribution >= 0.6 is 0 Å². The van der Waals surface area contributed by atoms with Crippen LogP contribution in [0.4, 0.5) is 17.1 Å². The highest BCUT2D eigenvalue weighted by Crippen LogP contribution is 2.22. The summed E-state index contributed by atoms with van der Waals surface area (Å²) in [7, 11) is 0. The summed E-state index contributed by atoms with van der Waals surface area (Å²) in [4.78, 5) is 8.94. The van der Waals surface area contributed by atoms with Crippen molar-refractivity contribution in [1.82, 2.24) is 0 Å². The van der Waals surface area contributed by atoms with E-state index in [-0.39, 0.29) is 0 Å². The molecular formula is C19H22N4. The van der Waals surface area contributed by atoms with Crippen LogP contribution in [0, 0.1) is 6.92 Å². The molecule has 0 atom stereocenters. The molecule has 0 amide bonds. The lowest BCUT2D eigenvalue weighted by Gasteiger charge is -2.13. The summed E-state index contributed by atoms with van der Waals surface area (Å²) >= 11 is 0. The van der Waals surface area contributed by atoms with Crippen molar-refractivity contribution in [3.63, 3.8) is 0 Å². The fraction of sp³-hybridized carbons (Fsp3) is 0.158. The third kappa shape index (κ3) is 4.54. The molecule has 2 rings (SSSR count). The summed E-state index contributed by atoms with van der Waals surface area (Å²) < 4.78 is 0. The molecule has 0 unspecified atom stereocenters. The highest BCUT2D eigenvalue weighted by atomic mass is 15.0.